The molecule has 0 bridgehead atoms. The van der Waals surface area contributed by atoms with Crippen LogP contribution in [0.4, 0.5) is 0 Å². The lowest BCUT2D eigenvalue weighted by atomic mass is 10.4. The predicted octanol–water partition coefficient (Wildman–Crippen LogP) is 2.24. The fourth-order valence-electron chi connectivity index (χ4n) is 0.385. The average Bonchev–Trinajstić information content (AvgIpc) is 2.08. The molecule has 0 aliphatic carbocycles. The van der Waals surface area contributed by atoms with Crippen LogP contribution in [0.25, 0.3) is 0 Å². The van der Waals surface area contributed by atoms with Crippen molar-refractivity contribution in [2.24, 2.45) is 5.73 Å². The van der Waals surface area contributed by atoms with E-state index >= 15 is 0 Å². The van der Waals surface area contributed by atoms with E-state index in [4.69, 9.17) is 5.73 Å². The molecule has 1 nitrogen and oxygen atoms in total. The summed E-state index contributed by atoms with van der Waals surface area (Å²) >= 11 is 0. The molecule has 0 saturated carbocycles. The lowest BCUT2D eigenvalue weighted by Gasteiger charge is -1.69. The van der Waals surface area contributed by atoms with Crippen LogP contribution < -0.4 is 5.73 Å². The molecule has 2 N–H and O–H groups in total. The summed E-state index contributed by atoms with van der Waals surface area (Å²) in [5.74, 6) is 0. The highest BCUT2D eigenvalue weighted by molar-refractivity contribution is 5.85. The molecule has 0 heterocycles. The molecule has 0 unspecified atom stereocenters. The van der Waals surface area contributed by atoms with Gasteiger partial charge < -0.3 is 5.73 Å². The van der Waals surface area contributed by atoms with Gasteiger partial charge in [-0.2, -0.15) is 0 Å². The van der Waals surface area contributed by atoms with Crippen LogP contribution in [-0.4, -0.2) is 6.54 Å². The first kappa shape index (κ1) is 12.8. The van der Waals surface area contributed by atoms with Crippen LogP contribution in [0.2, 0.25) is 0 Å². The zero-order valence-electron chi connectivity index (χ0n) is 6.44. The van der Waals surface area contributed by atoms with E-state index in [1.165, 1.54) is 0 Å². The summed E-state index contributed by atoms with van der Waals surface area (Å²) in [5.41, 5.74) is 4.91. The second kappa shape index (κ2) is 11.9. The minimum absolute atomic E-state index is 0. The third-order valence-corrected chi connectivity index (χ3v) is 0.833. The number of rotatable bonds is 1. The van der Waals surface area contributed by atoms with E-state index in [9.17, 15) is 0 Å². The van der Waals surface area contributed by atoms with Crippen LogP contribution in [-0.2, 0) is 0 Å². The number of nitrogens with two attached hydrogens (primary N) is 1. The van der Waals surface area contributed by atoms with E-state index in [1.807, 2.05) is 36.4 Å². The van der Waals surface area contributed by atoms with Crippen LogP contribution in [0.3, 0.4) is 0 Å². The lowest BCUT2D eigenvalue weighted by Crippen LogP contribution is -1.90. The highest BCUT2D eigenvalue weighted by Gasteiger charge is 1.57. The molecule has 0 aliphatic rings. The minimum atomic E-state index is 0. The Labute approximate surface area is 74.3 Å². The van der Waals surface area contributed by atoms with E-state index in [-0.39, 0.29) is 12.4 Å². The zero-order chi connectivity index (χ0) is 7.66. The summed E-state index contributed by atoms with van der Waals surface area (Å²) in [5, 5.41) is 0. The highest BCUT2D eigenvalue weighted by Crippen LogP contribution is 1.79. The Kier molecular flexibility index (Phi) is 13.9. The first-order valence-corrected chi connectivity index (χ1v) is 3.22. The zero-order valence-corrected chi connectivity index (χ0v) is 7.26. The van der Waals surface area contributed by atoms with Gasteiger partial charge in [-0.25, -0.2) is 0 Å². The molecule has 62 valence electrons. The van der Waals surface area contributed by atoms with E-state index in [0.717, 1.165) is 0 Å². The molecule has 0 spiro atoms. The van der Waals surface area contributed by atoms with Gasteiger partial charge >= 0.3 is 0 Å². The highest BCUT2D eigenvalue weighted by atomic mass is 35.5. The van der Waals surface area contributed by atoms with Crippen molar-refractivity contribution >= 4 is 12.4 Å². The topological polar surface area (TPSA) is 26.0 Å². The summed E-state index contributed by atoms with van der Waals surface area (Å²) in [6.45, 7) is 3.94. The van der Waals surface area contributed by atoms with Crippen molar-refractivity contribution in [1.29, 1.82) is 0 Å². The maximum Gasteiger partial charge on any atom is 0.0104 e. The number of benzene rings is 1. The smallest absolute Gasteiger partial charge is 0.0104 e. The molecule has 1 rings (SSSR count). The minimum Gasteiger partial charge on any atom is -0.327 e. The van der Waals surface area contributed by atoms with Gasteiger partial charge in [-0.3, -0.25) is 0 Å². The maximum atomic E-state index is 4.91. The molecule has 0 aliphatic heterocycles. The van der Waals surface area contributed by atoms with Gasteiger partial charge in [0.15, 0.2) is 0 Å². The second-order valence-electron chi connectivity index (χ2n) is 1.68. The molecule has 0 amide bonds. The molecule has 11 heavy (non-hydrogen) atoms. The Morgan fingerprint density at radius 1 is 1.00 bits per heavy atom. The van der Waals surface area contributed by atoms with Gasteiger partial charge in [0.2, 0.25) is 0 Å². The number of halogens is 1. The van der Waals surface area contributed by atoms with Crippen LogP contribution in [0.15, 0.2) is 49.1 Å². The van der Waals surface area contributed by atoms with Crippen molar-refractivity contribution in [3.63, 3.8) is 0 Å². The molecule has 0 saturated heterocycles. The van der Waals surface area contributed by atoms with Crippen molar-refractivity contribution in [3.8, 4) is 0 Å². The fraction of sp³-hybridized carbons (Fsp3) is 0.111. The van der Waals surface area contributed by atoms with E-state index in [0.29, 0.717) is 6.54 Å². The summed E-state index contributed by atoms with van der Waals surface area (Å²) < 4.78 is 0. The summed E-state index contributed by atoms with van der Waals surface area (Å²) in [4.78, 5) is 0. The predicted molar refractivity (Wildman–Crippen MR) is 52.9 cm³/mol. The lowest BCUT2D eigenvalue weighted by molar-refractivity contribution is 1.26. The quantitative estimate of drug-likeness (QED) is 0.645. The van der Waals surface area contributed by atoms with Gasteiger partial charge in [0.05, 0.1) is 0 Å². The van der Waals surface area contributed by atoms with E-state index in [1.54, 1.807) is 6.08 Å². The Hall–Kier alpha value is -0.790. The normalized spacial score (nSPS) is 6.64. The fourth-order valence-corrected chi connectivity index (χ4v) is 0.385. The monoisotopic (exact) mass is 171 g/mol. The Balaban J connectivity index is 0. The molecule has 0 radical (unpaired) electrons. The van der Waals surface area contributed by atoms with Gasteiger partial charge in [0.1, 0.15) is 0 Å². The van der Waals surface area contributed by atoms with Gasteiger partial charge in [-0.05, 0) is 0 Å². The van der Waals surface area contributed by atoms with Gasteiger partial charge in [-0.15, -0.1) is 19.0 Å². The third-order valence-electron chi connectivity index (χ3n) is 0.833. The Bertz CT molecular complexity index is 124. The van der Waals surface area contributed by atoms with Crippen LogP contribution >= 0.6 is 12.4 Å². The van der Waals surface area contributed by atoms with Gasteiger partial charge in [-0.1, -0.05) is 42.5 Å². The average molecular weight is 172 g/mol. The molecular weight excluding hydrogens is 158 g/mol. The van der Waals surface area contributed by atoms with E-state index < -0.39 is 0 Å². The van der Waals surface area contributed by atoms with Crippen LogP contribution in [0.1, 0.15) is 0 Å². The summed E-state index contributed by atoms with van der Waals surface area (Å²) in [6.07, 6.45) is 1.65. The SMILES string of the molecule is C=CCN.Cl.c1ccccc1. The molecular formula is C9H14ClN. The van der Waals surface area contributed by atoms with Crippen molar-refractivity contribution in [1.82, 2.24) is 0 Å². The molecule has 2 heteroatoms. The number of hydrogen-bond donors (Lipinski definition) is 1. The van der Waals surface area contributed by atoms with Gasteiger partial charge in [0, 0.05) is 6.54 Å². The molecule has 0 atom stereocenters. The van der Waals surface area contributed by atoms with Gasteiger partial charge in [0.25, 0.3) is 0 Å². The summed E-state index contributed by atoms with van der Waals surface area (Å²) in [7, 11) is 0. The first-order valence-electron chi connectivity index (χ1n) is 3.22. The van der Waals surface area contributed by atoms with Crippen molar-refractivity contribution in [2.45, 2.75) is 0 Å². The summed E-state index contributed by atoms with van der Waals surface area (Å²) in [6, 6.07) is 12.0. The van der Waals surface area contributed by atoms with E-state index in [2.05, 4.69) is 6.58 Å². The van der Waals surface area contributed by atoms with Crippen molar-refractivity contribution in [2.75, 3.05) is 6.54 Å². The third kappa shape index (κ3) is 12.4. The maximum absolute atomic E-state index is 4.91. The van der Waals surface area contributed by atoms with Crippen LogP contribution in [0, 0.1) is 0 Å². The first-order chi connectivity index (χ1) is 4.91. The van der Waals surface area contributed by atoms with Crippen molar-refractivity contribution < 1.29 is 0 Å². The molecule has 0 fully saturated rings. The molecule has 1 aromatic rings. The van der Waals surface area contributed by atoms with Crippen LogP contribution in [0.5, 0.6) is 0 Å². The largest absolute Gasteiger partial charge is 0.327 e. The van der Waals surface area contributed by atoms with Crippen molar-refractivity contribution in [3.05, 3.63) is 49.1 Å². The second-order valence-corrected chi connectivity index (χ2v) is 1.68. The Morgan fingerprint density at radius 3 is 1.27 bits per heavy atom. The molecule has 1 aromatic carbocycles. The Morgan fingerprint density at radius 2 is 1.18 bits per heavy atom. The number of hydrogen-bond acceptors (Lipinski definition) is 1. The standard InChI is InChI=1S/C6H6.C3H7N.ClH/c1-2-4-6-5-3-1;1-2-3-4;/h1-6H;2H,1,3-4H2;1H. The molecule has 0 aromatic heterocycles.